The highest BCUT2D eigenvalue weighted by molar-refractivity contribution is 6.56. The van der Waals surface area contributed by atoms with E-state index in [-0.39, 0.29) is 115 Å². The first-order chi connectivity index (χ1) is 35.0. The highest BCUT2D eigenvalue weighted by Gasteiger charge is 2.28. The minimum Gasteiger partial charge on any atom is -0.489 e. The Balaban J connectivity index is 1.27. The van der Waals surface area contributed by atoms with Gasteiger partial charge in [-0.05, 0) is 61.4 Å². The van der Waals surface area contributed by atoms with Gasteiger partial charge in [0.1, 0.15) is 45.9 Å². The van der Waals surface area contributed by atoms with Crippen LogP contribution in [0.1, 0.15) is 73.2 Å². The first kappa shape index (κ1) is 56.8. The number of nitrogens with zero attached hydrogens (tertiary/aromatic N) is 4. The van der Waals surface area contributed by atoms with Crippen molar-refractivity contribution in [1.29, 1.82) is 0 Å². The van der Waals surface area contributed by atoms with Crippen LogP contribution >= 0.6 is 92.8 Å². The summed E-state index contributed by atoms with van der Waals surface area (Å²) in [5.74, 6) is 0.590. The predicted molar refractivity (Wildman–Crippen MR) is 289 cm³/mol. The fraction of sp³-hybridized carbons (Fsp3) is 0.240. The molecular weight excluding hydrogens is 1110 g/mol. The molecule has 0 spiro atoms. The van der Waals surface area contributed by atoms with Gasteiger partial charge in [0.15, 0.2) is 0 Å². The molecule has 4 unspecified atom stereocenters. The maximum Gasteiger partial charge on any atom is 0.311 e. The number of benzene rings is 4. The van der Waals surface area contributed by atoms with Crippen LogP contribution in [0.2, 0.25) is 20.1 Å². The van der Waals surface area contributed by atoms with E-state index < -0.39 is 22.1 Å². The third-order valence-electron chi connectivity index (χ3n) is 10.7. The van der Waals surface area contributed by atoms with Crippen LogP contribution in [-0.2, 0) is 4.74 Å². The van der Waals surface area contributed by atoms with Crippen molar-refractivity contribution in [2.45, 2.75) is 51.0 Å². The van der Waals surface area contributed by atoms with Crippen molar-refractivity contribution in [2.75, 3.05) is 37.1 Å². The fourth-order valence-electron chi connectivity index (χ4n) is 7.17. The summed E-state index contributed by atoms with van der Waals surface area (Å²) in [4.78, 5) is 32.3. The predicted octanol–water partition coefficient (Wildman–Crippen LogP) is 16.4. The van der Waals surface area contributed by atoms with Crippen molar-refractivity contribution in [2.24, 2.45) is 0 Å². The third-order valence-corrected chi connectivity index (χ3v) is 12.6. The van der Waals surface area contributed by atoms with Crippen LogP contribution < -0.4 is 29.6 Å². The number of anilines is 2. The van der Waals surface area contributed by atoms with Gasteiger partial charge >= 0.3 is 11.4 Å². The van der Waals surface area contributed by atoms with Gasteiger partial charge in [-0.2, -0.15) is 9.97 Å². The molecule has 6 rings (SSSR count). The lowest BCUT2D eigenvalue weighted by atomic mass is 10.1. The van der Waals surface area contributed by atoms with E-state index in [1.165, 1.54) is 36.4 Å². The Hall–Kier alpha value is -5.46. The highest BCUT2D eigenvalue weighted by Crippen LogP contribution is 2.41. The molecule has 4 aromatic carbocycles. The van der Waals surface area contributed by atoms with Crippen molar-refractivity contribution in [1.82, 2.24) is 9.97 Å². The zero-order valence-corrected chi connectivity index (χ0v) is 44.6. The Kier molecular flexibility index (Phi) is 21.6. The van der Waals surface area contributed by atoms with E-state index in [1.807, 2.05) is 74.5 Å². The molecule has 0 amide bonds. The van der Waals surface area contributed by atoms with Crippen LogP contribution in [0.3, 0.4) is 0 Å². The Bertz CT molecular complexity index is 2680. The Morgan fingerprint density at radius 3 is 1.26 bits per heavy atom. The summed E-state index contributed by atoms with van der Waals surface area (Å²) in [5.41, 5.74) is 1.88. The van der Waals surface area contributed by atoms with Crippen LogP contribution in [0.25, 0.3) is 0 Å². The Labute approximate surface area is 460 Å². The SMILES string of the molecule is CC(Nc1nc(OC(CCOCCC(Oc2ccc([N+](=O)[O-])c(NC(C)c3ccccc3)n2)c2c(Cl)cc(OCC=C(Cl)Cl)cc2Cl)c2c(Cl)cc(OCC=C(Cl)Cl)cc2Cl)ccc1[N+](=O)[O-])c1ccccc1. The summed E-state index contributed by atoms with van der Waals surface area (Å²) >= 11 is 50.6. The van der Waals surface area contributed by atoms with E-state index >= 15 is 0 Å². The van der Waals surface area contributed by atoms with E-state index in [0.717, 1.165) is 11.1 Å². The van der Waals surface area contributed by atoms with Crippen molar-refractivity contribution in [3.63, 3.8) is 0 Å². The number of rotatable bonds is 26. The number of nitro groups is 2. The first-order valence-corrected chi connectivity index (χ1v) is 25.1. The largest absolute Gasteiger partial charge is 0.489 e. The summed E-state index contributed by atoms with van der Waals surface area (Å²) < 4.78 is 30.7. The van der Waals surface area contributed by atoms with Crippen LogP contribution in [0.4, 0.5) is 23.0 Å². The van der Waals surface area contributed by atoms with Crippen molar-refractivity contribution in [3.8, 4) is 23.3 Å². The second-order valence-electron chi connectivity index (χ2n) is 15.7. The van der Waals surface area contributed by atoms with Gasteiger partial charge in [0.2, 0.25) is 23.4 Å². The standard InChI is InChI=1S/C50H44Cl8N6O9/c1-29(31-9-5-3-6-10-31)59-49-39(63(65)66)13-15-45(61-49)72-41(47-35(51)25-33(26-36(47)52)70-23-19-43(55)56)17-21-69-22-18-42(48-37(53)27-34(28-38(48)54)71-24-20-44(57)58)73-46-16-14-40(64(67)68)50(62-46)60-30(2)32-11-7-4-8-12-32/h3-16,19-20,25-30,41-42H,17-18,21-24H2,1-2H3,(H,59,61)(H,60,62). The van der Waals surface area contributed by atoms with Gasteiger partial charge in [-0.15, -0.1) is 0 Å². The molecule has 2 N–H and O–H groups in total. The molecule has 6 aromatic rings. The van der Waals surface area contributed by atoms with E-state index in [2.05, 4.69) is 20.6 Å². The lowest BCUT2D eigenvalue weighted by Crippen LogP contribution is -2.17. The summed E-state index contributed by atoms with van der Waals surface area (Å²) in [6.45, 7) is 3.79. The first-order valence-electron chi connectivity index (χ1n) is 22.1. The number of aromatic nitrogens is 2. The zero-order chi connectivity index (χ0) is 52.6. The minimum atomic E-state index is -0.944. The Morgan fingerprint density at radius 1 is 0.575 bits per heavy atom. The van der Waals surface area contributed by atoms with Crippen LogP contribution in [-0.4, -0.2) is 46.2 Å². The molecular formula is C50H44Cl8N6O9. The van der Waals surface area contributed by atoms with Crippen LogP contribution in [0.5, 0.6) is 23.3 Å². The van der Waals surface area contributed by atoms with Gasteiger partial charge in [-0.25, -0.2) is 0 Å². The molecule has 0 aliphatic heterocycles. The van der Waals surface area contributed by atoms with E-state index in [4.69, 9.17) is 116 Å². The van der Waals surface area contributed by atoms with Gasteiger partial charge < -0.3 is 34.3 Å². The molecule has 384 valence electrons. The highest BCUT2D eigenvalue weighted by atomic mass is 35.5. The van der Waals surface area contributed by atoms with E-state index in [9.17, 15) is 20.2 Å². The molecule has 2 heterocycles. The van der Waals surface area contributed by atoms with Crippen LogP contribution in [0, 0.1) is 20.2 Å². The quantitative estimate of drug-likeness (QED) is 0.0298. The van der Waals surface area contributed by atoms with Crippen molar-refractivity contribution in [3.05, 3.63) is 193 Å². The molecule has 0 aliphatic carbocycles. The number of hydrogen-bond donors (Lipinski definition) is 2. The number of ether oxygens (including phenoxy) is 5. The maximum atomic E-state index is 12.2. The van der Waals surface area contributed by atoms with Gasteiger partial charge in [0, 0.05) is 48.2 Å². The third kappa shape index (κ3) is 16.8. The lowest BCUT2D eigenvalue weighted by molar-refractivity contribution is -0.384. The summed E-state index contributed by atoms with van der Waals surface area (Å²) in [6.07, 6.45) is 1.23. The van der Waals surface area contributed by atoms with Gasteiger partial charge in [0.25, 0.3) is 0 Å². The second-order valence-corrected chi connectivity index (χ2v) is 19.4. The van der Waals surface area contributed by atoms with E-state index in [0.29, 0.717) is 22.6 Å². The number of nitrogens with one attached hydrogen (secondary N) is 2. The summed E-state index contributed by atoms with van der Waals surface area (Å²) in [5, 5.41) is 31.2. The monoisotopic (exact) mass is 1150 g/mol. The zero-order valence-electron chi connectivity index (χ0n) is 38.6. The molecule has 0 bridgehead atoms. The van der Waals surface area contributed by atoms with Gasteiger partial charge in [-0.1, -0.05) is 153 Å². The minimum absolute atomic E-state index is 0.0120. The molecule has 0 saturated carbocycles. The summed E-state index contributed by atoms with van der Waals surface area (Å²) in [6, 6.07) is 29.5. The summed E-state index contributed by atoms with van der Waals surface area (Å²) in [7, 11) is 0. The molecule has 0 fully saturated rings. The van der Waals surface area contributed by atoms with Crippen molar-refractivity contribution < 1.29 is 33.5 Å². The Morgan fingerprint density at radius 2 is 0.932 bits per heavy atom. The number of halogens is 8. The second kappa shape index (κ2) is 27.7. The average Bonchev–Trinajstić information content (AvgIpc) is 3.33. The van der Waals surface area contributed by atoms with Gasteiger partial charge in [-0.3, -0.25) is 20.2 Å². The molecule has 0 aliphatic rings. The number of hydrogen-bond acceptors (Lipinski definition) is 13. The molecule has 4 atom stereocenters. The van der Waals surface area contributed by atoms with Crippen molar-refractivity contribution >= 4 is 116 Å². The van der Waals surface area contributed by atoms with Gasteiger partial charge in [0.05, 0.1) is 55.2 Å². The van der Waals surface area contributed by atoms with E-state index in [1.54, 1.807) is 24.3 Å². The molecule has 0 saturated heterocycles. The average molecular weight is 1160 g/mol. The molecule has 0 radical (unpaired) electrons. The fourth-order valence-corrected chi connectivity index (χ4v) is 8.84. The molecule has 73 heavy (non-hydrogen) atoms. The molecule has 15 nitrogen and oxygen atoms in total. The normalized spacial score (nSPS) is 12.6. The molecule has 23 heteroatoms. The number of pyridine rings is 2. The lowest BCUT2D eigenvalue weighted by Gasteiger charge is -2.24. The molecule has 2 aromatic heterocycles. The van der Waals surface area contributed by atoms with Crippen LogP contribution in [0.15, 0.2) is 130 Å². The smallest absolute Gasteiger partial charge is 0.311 e. The maximum absolute atomic E-state index is 12.2. The topological polar surface area (TPSA) is 182 Å².